The summed E-state index contributed by atoms with van der Waals surface area (Å²) in [5.41, 5.74) is 1.25. The van der Waals surface area contributed by atoms with Gasteiger partial charge in [0.15, 0.2) is 0 Å². The van der Waals surface area contributed by atoms with Crippen molar-refractivity contribution >= 4 is 23.2 Å². The van der Waals surface area contributed by atoms with Gasteiger partial charge < -0.3 is 0 Å². The zero-order valence-corrected chi connectivity index (χ0v) is 10.1. The number of hydrogen-bond acceptors (Lipinski definition) is 0. The molecule has 0 amide bonds. The van der Waals surface area contributed by atoms with Crippen molar-refractivity contribution in [3.8, 4) is 0 Å². The first-order valence-corrected chi connectivity index (χ1v) is 5.90. The Kier molecular flexibility index (Phi) is 4.77. The minimum Gasteiger partial charge on any atom is -0.122 e. The molecule has 0 aliphatic heterocycles. The standard InChI is InChI=1S/C12H16Cl2/c1-3-11(12(14)4-2)9-6-5-7-10(13)8-9/h5-8,11-12H,3-4H2,1-2H3. The van der Waals surface area contributed by atoms with Gasteiger partial charge in [0.05, 0.1) is 0 Å². The molecular weight excluding hydrogens is 215 g/mol. The predicted molar refractivity (Wildman–Crippen MR) is 64.4 cm³/mol. The highest BCUT2D eigenvalue weighted by Gasteiger charge is 2.17. The molecule has 0 aliphatic rings. The summed E-state index contributed by atoms with van der Waals surface area (Å²) in [6.45, 7) is 4.28. The fourth-order valence-electron chi connectivity index (χ4n) is 1.72. The zero-order valence-electron chi connectivity index (χ0n) is 8.63. The fraction of sp³-hybridized carbons (Fsp3) is 0.500. The van der Waals surface area contributed by atoms with Crippen LogP contribution in [0.4, 0.5) is 0 Å². The van der Waals surface area contributed by atoms with Crippen LogP contribution >= 0.6 is 23.2 Å². The van der Waals surface area contributed by atoms with Gasteiger partial charge in [-0.1, -0.05) is 37.6 Å². The molecule has 14 heavy (non-hydrogen) atoms. The van der Waals surface area contributed by atoms with E-state index in [0.717, 1.165) is 17.9 Å². The summed E-state index contributed by atoms with van der Waals surface area (Å²) in [5, 5.41) is 0.999. The van der Waals surface area contributed by atoms with Crippen molar-refractivity contribution in [3.63, 3.8) is 0 Å². The summed E-state index contributed by atoms with van der Waals surface area (Å²) in [6, 6.07) is 8.00. The van der Waals surface area contributed by atoms with E-state index in [1.165, 1.54) is 5.56 Å². The topological polar surface area (TPSA) is 0 Å². The molecule has 0 spiro atoms. The molecule has 2 heteroatoms. The van der Waals surface area contributed by atoms with E-state index in [-0.39, 0.29) is 5.38 Å². The lowest BCUT2D eigenvalue weighted by Crippen LogP contribution is -2.10. The smallest absolute Gasteiger partial charge is 0.0408 e. The third kappa shape index (κ3) is 2.90. The maximum Gasteiger partial charge on any atom is 0.0408 e. The predicted octanol–water partition coefficient (Wildman–Crippen LogP) is 4.85. The Morgan fingerprint density at radius 3 is 2.43 bits per heavy atom. The average Bonchev–Trinajstić information content (AvgIpc) is 2.19. The van der Waals surface area contributed by atoms with Gasteiger partial charge >= 0.3 is 0 Å². The first-order valence-electron chi connectivity index (χ1n) is 5.08. The third-order valence-electron chi connectivity index (χ3n) is 2.54. The van der Waals surface area contributed by atoms with Gasteiger partial charge in [0.2, 0.25) is 0 Å². The lowest BCUT2D eigenvalue weighted by atomic mass is 9.92. The van der Waals surface area contributed by atoms with Crippen molar-refractivity contribution in [1.29, 1.82) is 0 Å². The van der Waals surface area contributed by atoms with E-state index in [1.807, 2.05) is 18.2 Å². The van der Waals surface area contributed by atoms with Gasteiger partial charge in [-0.2, -0.15) is 0 Å². The maximum absolute atomic E-state index is 6.28. The average molecular weight is 231 g/mol. The van der Waals surface area contributed by atoms with E-state index in [4.69, 9.17) is 23.2 Å². The van der Waals surface area contributed by atoms with Crippen molar-refractivity contribution < 1.29 is 0 Å². The largest absolute Gasteiger partial charge is 0.122 e. The molecule has 1 aromatic rings. The highest BCUT2D eigenvalue weighted by atomic mass is 35.5. The van der Waals surface area contributed by atoms with Crippen LogP contribution in [0.25, 0.3) is 0 Å². The summed E-state index contributed by atoms with van der Waals surface area (Å²) in [5.74, 6) is 0.417. The summed E-state index contributed by atoms with van der Waals surface area (Å²) in [6.07, 6.45) is 2.05. The van der Waals surface area contributed by atoms with Gasteiger partial charge in [-0.05, 0) is 30.5 Å². The maximum atomic E-state index is 6.28. The van der Waals surface area contributed by atoms with Gasteiger partial charge in [-0.15, -0.1) is 11.6 Å². The Hall–Kier alpha value is -0.200. The zero-order chi connectivity index (χ0) is 10.6. The Morgan fingerprint density at radius 1 is 1.21 bits per heavy atom. The number of alkyl halides is 1. The van der Waals surface area contributed by atoms with Crippen molar-refractivity contribution in [1.82, 2.24) is 0 Å². The molecule has 0 saturated carbocycles. The molecule has 1 aromatic carbocycles. The molecule has 0 nitrogen and oxygen atoms in total. The molecule has 0 aliphatic carbocycles. The minimum atomic E-state index is 0.207. The second-order valence-corrected chi connectivity index (χ2v) is 4.49. The second-order valence-electron chi connectivity index (χ2n) is 3.49. The minimum absolute atomic E-state index is 0.207. The Balaban J connectivity index is 2.89. The van der Waals surface area contributed by atoms with Gasteiger partial charge in [0.1, 0.15) is 0 Å². The fourth-order valence-corrected chi connectivity index (χ4v) is 2.24. The Morgan fingerprint density at radius 2 is 1.93 bits per heavy atom. The monoisotopic (exact) mass is 230 g/mol. The van der Waals surface area contributed by atoms with Crippen LogP contribution in [0.5, 0.6) is 0 Å². The van der Waals surface area contributed by atoms with E-state index >= 15 is 0 Å². The Labute approximate surface area is 96.2 Å². The van der Waals surface area contributed by atoms with E-state index in [2.05, 4.69) is 19.9 Å². The van der Waals surface area contributed by atoms with Crippen LogP contribution in [0, 0.1) is 0 Å². The lowest BCUT2D eigenvalue weighted by molar-refractivity contribution is 0.604. The number of rotatable bonds is 4. The molecule has 0 heterocycles. The molecule has 0 saturated heterocycles. The van der Waals surface area contributed by atoms with Crippen molar-refractivity contribution in [3.05, 3.63) is 34.9 Å². The van der Waals surface area contributed by atoms with Crippen LogP contribution in [0.2, 0.25) is 5.02 Å². The molecule has 78 valence electrons. The highest BCUT2D eigenvalue weighted by Crippen LogP contribution is 2.30. The van der Waals surface area contributed by atoms with E-state index in [1.54, 1.807) is 0 Å². The second kappa shape index (κ2) is 5.63. The summed E-state index contributed by atoms with van der Waals surface area (Å²) in [4.78, 5) is 0. The molecule has 2 unspecified atom stereocenters. The van der Waals surface area contributed by atoms with Crippen LogP contribution in [0.15, 0.2) is 24.3 Å². The summed E-state index contributed by atoms with van der Waals surface area (Å²) >= 11 is 12.2. The van der Waals surface area contributed by atoms with Crippen molar-refractivity contribution in [2.45, 2.75) is 38.0 Å². The molecular formula is C12H16Cl2. The molecule has 0 radical (unpaired) electrons. The molecule has 0 N–H and O–H groups in total. The van der Waals surface area contributed by atoms with Gasteiger partial charge in [-0.25, -0.2) is 0 Å². The van der Waals surface area contributed by atoms with E-state index in [9.17, 15) is 0 Å². The number of benzene rings is 1. The van der Waals surface area contributed by atoms with Crippen LogP contribution in [-0.4, -0.2) is 5.38 Å². The highest BCUT2D eigenvalue weighted by molar-refractivity contribution is 6.30. The van der Waals surface area contributed by atoms with Crippen LogP contribution in [0.3, 0.4) is 0 Å². The van der Waals surface area contributed by atoms with Gasteiger partial charge in [-0.3, -0.25) is 0 Å². The molecule has 0 bridgehead atoms. The van der Waals surface area contributed by atoms with Crippen molar-refractivity contribution in [2.75, 3.05) is 0 Å². The quantitative estimate of drug-likeness (QED) is 0.649. The first kappa shape index (κ1) is 11.9. The molecule has 2 atom stereocenters. The molecule has 0 aromatic heterocycles. The van der Waals surface area contributed by atoms with E-state index in [0.29, 0.717) is 5.92 Å². The van der Waals surface area contributed by atoms with Gasteiger partial charge in [0, 0.05) is 16.3 Å². The molecule has 0 fully saturated rings. The lowest BCUT2D eigenvalue weighted by Gasteiger charge is -2.20. The summed E-state index contributed by atoms with van der Waals surface area (Å²) < 4.78 is 0. The SMILES string of the molecule is CCC(Cl)C(CC)c1cccc(Cl)c1. The number of halogens is 2. The normalized spacial score (nSPS) is 15.1. The molecule has 1 rings (SSSR count). The van der Waals surface area contributed by atoms with Crippen LogP contribution < -0.4 is 0 Å². The summed E-state index contributed by atoms with van der Waals surface area (Å²) in [7, 11) is 0. The third-order valence-corrected chi connectivity index (χ3v) is 3.39. The number of hydrogen-bond donors (Lipinski definition) is 0. The first-order chi connectivity index (χ1) is 6.69. The van der Waals surface area contributed by atoms with E-state index < -0.39 is 0 Å². The van der Waals surface area contributed by atoms with Crippen molar-refractivity contribution in [2.24, 2.45) is 0 Å². The van der Waals surface area contributed by atoms with Gasteiger partial charge in [0.25, 0.3) is 0 Å². The van der Waals surface area contributed by atoms with Crippen LogP contribution in [0.1, 0.15) is 38.2 Å². The Bertz CT molecular complexity index is 283. The van der Waals surface area contributed by atoms with Crippen LogP contribution in [-0.2, 0) is 0 Å².